The van der Waals surface area contributed by atoms with Gasteiger partial charge in [-0.2, -0.15) is 0 Å². The second-order valence-electron chi connectivity index (χ2n) is 2.01. The van der Waals surface area contributed by atoms with Crippen LogP contribution in [0.1, 0.15) is 5.56 Å². The average Bonchev–Trinajstić information content (AvgIpc) is 1.93. The zero-order valence-electron chi connectivity index (χ0n) is 5.36. The second-order valence-corrected chi connectivity index (χ2v) is 2.41. The van der Waals surface area contributed by atoms with Crippen molar-refractivity contribution in [1.82, 2.24) is 0 Å². The number of halogens is 2. The van der Waals surface area contributed by atoms with Crippen LogP contribution >= 0.6 is 11.6 Å². The minimum atomic E-state index is -0.554. The lowest BCUT2D eigenvalue weighted by molar-refractivity contribution is 0.463. The number of aromatic hydroxyl groups is 1. The Morgan fingerprint density at radius 3 is 2.60 bits per heavy atom. The molecule has 1 N–H and O–H groups in total. The Kier molecular flexibility index (Phi) is 1.81. The van der Waals surface area contributed by atoms with E-state index < -0.39 is 5.82 Å². The van der Waals surface area contributed by atoms with Crippen LogP contribution in [0.5, 0.6) is 5.75 Å². The Bertz CT molecular complexity index is 233. The van der Waals surface area contributed by atoms with Crippen LogP contribution in [-0.4, -0.2) is 5.11 Å². The molecule has 54 valence electrons. The van der Waals surface area contributed by atoms with Gasteiger partial charge in [-0.1, -0.05) is 11.6 Å². The molecule has 0 radical (unpaired) electrons. The van der Waals surface area contributed by atoms with Gasteiger partial charge in [0.25, 0.3) is 0 Å². The molecule has 0 aromatic heterocycles. The molecule has 0 spiro atoms. The molecule has 0 saturated heterocycles. The Labute approximate surface area is 63.1 Å². The monoisotopic (exact) mass is 160 g/mol. The molecule has 0 aliphatic rings. The minimum Gasteiger partial charge on any atom is -0.508 e. The molecule has 10 heavy (non-hydrogen) atoms. The molecule has 1 aromatic rings. The van der Waals surface area contributed by atoms with Gasteiger partial charge in [-0.25, -0.2) is 4.39 Å². The average molecular weight is 161 g/mol. The fourth-order valence-electron chi connectivity index (χ4n) is 0.642. The highest BCUT2D eigenvalue weighted by Gasteiger charge is 2.05. The highest BCUT2D eigenvalue weighted by atomic mass is 35.5. The van der Waals surface area contributed by atoms with E-state index in [1.807, 2.05) is 0 Å². The quantitative estimate of drug-likeness (QED) is 0.618. The first kappa shape index (κ1) is 7.35. The standard InChI is InChI=1S/C7H6ClFO/c1-4-6(10)3-2-5(8)7(4)9/h2-3,10H,1H3. The van der Waals surface area contributed by atoms with Crippen LogP contribution < -0.4 is 0 Å². The molecule has 1 nitrogen and oxygen atoms in total. The third-order valence-electron chi connectivity index (χ3n) is 1.31. The molecule has 0 saturated carbocycles. The number of hydrogen-bond donors (Lipinski definition) is 1. The van der Waals surface area contributed by atoms with Crippen LogP contribution in [0.15, 0.2) is 12.1 Å². The topological polar surface area (TPSA) is 20.2 Å². The lowest BCUT2D eigenvalue weighted by Gasteiger charge is -1.99. The number of benzene rings is 1. The molecule has 0 aliphatic heterocycles. The zero-order chi connectivity index (χ0) is 7.72. The van der Waals surface area contributed by atoms with Crippen molar-refractivity contribution in [2.75, 3.05) is 0 Å². The predicted octanol–water partition coefficient (Wildman–Crippen LogP) is 2.49. The molecule has 1 rings (SSSR count). The Hall–Kier alpha value is -0.760. The smallest absolute Gasteiger partial charge is 0.148 e. The highest BCUT2D eigenvalue weighted by Crippen LogP contribution is 2.24. The van der Waals surface area contributed by atoms with Gasteiger partial charge in [-0.3, -0.25) is 0 Å². The van der Waals surface area contributed by atoms with E-state index in [1.54, 1.807) is 0 Å². The van der Waals surface area contributed by atoms with E-state index in [0.717, 1.165) is 0 Å². The summed E-state index contributed by atoms with van der Waals surface area (Å²) in [6.07, 6.45) is 0. The SMILES string of the molecule is Cc1c(O)ccc(Cl)c1F. The first-order valence-corrected chi connectivity index (χ1v) is 3.14. The summed E-state index contributed by atoms with van der Waals surface area (Å²) < 4.78 is 12.7. The molecule has 0 amide bonds. The van der Waals surface area contributed by atoms with Crippen molar-refractivity contribution in [3.8, 4) is 5.75 Å². The summed E-state index contributed by atoms with van der Waals surface area (Å²) in [5.41, 5.74) is 0.188. The zero-order valence-corrected chi connectivity index (χ0v) is 6.11. The third-order valence-corrected chi connectivity index (χ3v) is 1.60. The van der Waals surface area contributed by atoms with Gasteiger partial charge in [0.05, 0.1) is 5.02 Å². The van der Waals surface area contributed by atoms with Gasteiger partial charge < -0.3 is 5.11 Å². The van der Waals surface area contributed by atoms with Crippen LogP contribution in [0.2, 0.25) is 5.02 Å². The maximum Gasteiger partial charge on any atom is 0.148 e. The predicted molar refractivity (Wildman–Crippen MR) is 37.8 cm³/mol. The van der Waals surface area contributed by atoms with Crippen LogP contribution in [0.25, 0.3) is 0 Å². The number of hydrogen-bond acceptors (Lipinski definition) is 1. The fraction of sp³-hybridized carbons (Fsp3) is 0.143. The summed E-state index contributed by atoms with van der Waals surface area (Å²) in [6, 6.07) is 2.68. The van der Waals surface area contributed by atoms with Gasteiger partial charge in [-0.05, 0) is 19.1 Å². The largest absolute Gasteiger partial charge is 0.508 e. The summed E-state index contributed by atoms with van der Waals surface area (Å²) >= 11 is 5.40. The molecule has 0 atom stereocenters. The van der Waals surface area contributed by atoms with Crippen molar-refractivity contribution in [2.24, 2.45) is 0 Å². The summed E-state index contributed by atoms with van der Waals surface area (Å²) in [5.74, 6) is -0.622. The lowest BCUT2D eigenvalue weighted by Crippen LogP contribution is -1.82. The Morgan fingerprint density at radius 1 is 1.50 bits per heavy atom. The molecule has 0 heterocycles. The van der Waals surface area contributed by atoms with E-state index in [1.165, 1.54) is 19.1 Å². The van der Waals surface area contributed by atoms with Gasteiger partial charge in [0.2, 0.25) is 0 Å². The summed E-state index contributed by atoms with van der Waals surface area (Å²) in [7, 11) is 0. The lowest BCUT2D eigenvalue weighted by atomic mass is 10.2. The molecular weight excluding hydrogens is 155 g/mol. The first-order chi connectivity index (χ1) is 4.63. The van der Waals surface area contributed by atoms with E-state index >= 15 is 0 Å². The van der Waals surface area contributed by atoms with Crippen molar-refractivity contribution in [1.29, 1.82) is 0 Å². The van der Waals surface area contributed by atoms with Crippen molar-refractivity contribution in [3.63, 3.8) is 0 Å². The van der Waals surface area contributed by atoms with E-state index in [-0.39, 0.29) is 16.3 Å². The Balaban J connectivity index is 3.34. The highest BCUT2D eigenvalue weighted by molar-refractivity contribution is 6.30. The van der Waals surface area contributed by atoms with Crippen molar-refractivity contribution in [3.05, 3.63) is 28.5 Å². The van der Waals surface area contributed by atoms with Gasteiger partial charge in [-0.15, -0.1) is 0 Å². The molecule has 3 heteroatoms. The van der Waals surface area contributed by atoms with E-state index in [9.17, 15) is 4.39 Å². The summed E-state index contributed by atoms with van der Waals surface area (Å²) in [4.78, 5) is 0. The van der Waals surface area contributed by atoms with Crippen LogP contribution in [0.4, 0.5) is 4.39 Å². The van der Waals surface area contributed by atoms with Crippen LogP contribution in [-0.2, 0) is 0 Å². The van der Waals surface area contributed by atoms with Crippen LogP contribution in [0, 0.1) is 12.7 Å². The molecule has 0 bridgehead atoms. The van der Waals surface area contributed by atoms with Crippen LogP contribution in [0.3, 0.4) is 0 Å². The van der Waals surface area contributed by atoms with Gasteiger partial charge in [0, 0.05) is 5.56 Å². The summed E-state index contributed by atoms with van der Waals surface area (Å²) in [5, 5.41) is 8.96. The molecule has 0 aliphatic carbocycles. The normalized spacial score (nSPS) is 9.90. The minimum absolute atomic E-state index is 0.0373. The van der Waals surface area contributed by atoms with E-state index in [4.69, 9.17) is 16.7 Å². The molecule has 0 unspecified atom stereocenters. The third kappa shape index (κ3) is 1.07. The van der Waals surface area contributed by atoms with Gasteiger partial charge >= 0.3 is 0 Å². The Morgan fingerprint density at radius 2 is 2.10 bits per heavy atom. The molecule has 0 fully saturated rings. The van der Waals surface area contributed by atoms with Crippen molar-refractivity contribution >= 4 is 11.6 Å². The number of phenolic OH excluding ortho intramolecular Hbond substituents is 1. The maximum atomic E-state index is 12.7. The van der Waals surface area contributed by atoms with Gasteiger partial charge in [0.1, 0.15) is 11.6 Å². The molecular formula is C7H6ClFO. The molecule has 1 aromatic carbocycles. The fourth-order valence-corrected chi connectivity index (χ4v) is 0.847. The second kappa shape index (κ2) is 2.46. The number of rotatable bonds is 0. The van der Waals surface area contributed by atoms with Crippen molar-refractivity contribution < 1.29 is 9.50 Å². The maximum absolute atomic E-state index is 12.7. The summed E-state index contributed by atoms with van der Waals surface area (Å²) in [6.45, 7) is 1.47. The van der Waals surface area contributed by atoms with E-state index in [2.05, 4.69) is 0 Å². The van der Waals surface area contributed by atoms with Gasteiger partial charge in [0.15, 0.2) is 0 Å². The van der Waals surface area contributed by atoms with Crippen molar-refractivity contribution in [2.45, 2.75) is 6.92 Å². The first-order valence-electron chi connectivity index (χ1n) is 2.76. The number of phenols is 1. The van der Waals surface area contributed by atoms with E-state index in [0.29, 0.717) is 0 Å².